The van der Waals surface area contributed by atoms with E-state index in [-0.39, 0.29) is 12.7 Å². The number of alkyl carbamates (subject to hydrolysis) is 1. The highest BCUT2D eigenvalue weighted by Crippen LogP contribution is 2.10. The van der Waals surface area contributed by atoms with Crippen LogP contribution in [0.4, 0.5) is 4.79 Å². The number of nitrogens with one attached hydrogen (secondary N) is 1. The van der Waals surface area contributed by atoms with Crippen LogP contribution in [0.25, 0.3) is 0 Å². The van der Waals surface area contributed by atoms with Crippen molar-refractivity contribution in [2.24, 2.45) is 0 Å². The fraction of sp³-hybridized carbons (Fsp3) is 0.250. The quantitative estimate of drug-likeness (QED) is 0.522. The molecule has 150 valence electrons. The Balaban J connectivity index is 1.43. The van der Waals surface area contributed by atoms with Gasteiger partial charge in [-0.3, -0.25) is 9.88 Å². The SMILES string of the molecule is O=C(NCCCN(Cc1ccccc1)Cc1ccncc1)OCc1ccccc1. The van der Waals surface area contributed by atoms with Crippen LogP contribution in [0, 0.1) is 0 Å². The number of ether oxygens (including phenoxy) is 1. The van der Waals surface area contributed by atoms with Gasteiger partial charge >= 0.3 is 6.09 Å². The molecule has 0 aliphatic rings. The van der Waals surface area contributed by atoms with E-state index in [1.165, 1.54) is 11.1 Å². The predicted molar refractivity (Wildman–Crippen MR) is 114 cm³/mol. The van der Waals surface area contributed by atoms with E-state index in [4.69, 9.17) is 4.74 Å². The second-order valence-electron chi connectivity index (χ2n) is 6.89. The highest BCUT2D eigenvalue weighted by Gasteiger charge is 2.08. The first-order valence-electron chi connectivity index (χ1n) is 9.89. The van der Waals surface area contributed by atoms with Gasteiger partial charge in [-0.2, -0.15) is 0 Å². The van der Waals surface area contributed by atoms with E-state index in [9.17, 15) is 4.79 Å². The Hall–Kier alpha value is -3.18. The van der Waals surface area contributed by atoms with Gasteiger partial charge in [0.05, 0.1) is 0 Å². The van der Waals surface area contributed by atoms with Gasteiger partial charge in [-0.05, 0) is 35.2 Å². The van der Waals surface area contributed by atoms with E-state index in [0.29, 0.717) is 6.54 Å². The molecule has 1 aromatic heterocycles. The molecule has 3 aromatic rings. The Labute approximate surface area is 172 Å². The van der Waals surface area contributed by atoms with Crippen molar-refractivity contribution in [2.75, 3.05) is 13.1 Å². The molecule has 0 saturated carbocycles. The molecule has 0 saturated heterocycles. The lowest BCUT2D eigenvalue weighted by Gasteiger charge is -2.22. The fourth-order valence-corrected chi connectivity index (χ4v) is 3.07. The van der Waals surface area contributed by atoms with E-state index in [0.717, 1.165) is 31.6 Å². The van der Waals surface area contributed by atoms with Crippen molar-refractivity contribution in [1.29, 1.82) is 0 Å². The summed E-state index contributed by atoms with van der Waals surface area (Å²) in [5.74, 6) is 0. The van der Waals surface area contributed by atoms with Crippen LogP contribution in [-0.2, 0) is 24.4 Å². The molecular formula is C24H27N3O2. The molecule has 0 radical (unpaired) electrons. The third kappa shape index (κ3) is 7.76. The van der Waals surface area contributed by atoms with Gasteiger partial charge in [0.2, 0.25) is 0 Å². The maximum absolute atomic E-state index is 11.9. The molecule has 0 unspecified atom stereocenters. The van der Waals surface area contributed by atoms with E-state index < -0.39 is 0 Å². The Morgan fingerprint density at radius 1 is 0.828 bits per heavy atom. The monoisotopic (exact) mass is 389 g/mol. The van der Waals surface area contributed by atoms with Crippen molar-refractivity contribution in [3.05, 3.63) is 102 Å². The maximum atomic E-state index is 11.9. The summed E-state index contributed by atoms with van der Waals surface area (Å²) < 4.78 is 5.26. The first-order valence-corrected chi connectivity index (χ1v) is 9.89. The molecule has 0 aliphatic heterocycles. The summed E-state index contributed by atoms with van der Waals surface area (Å²) in [6.07, 6.45) is 4.11. The lowest BCUT2D eigenvalue weighted by atomic mass is 10.2. The standard InChI is InChI=1S/C24H27N3O2/c28-24(29-20-23-10-5-2-6-11-23)26-14-7-17-27(18-21-8-3-1-4-9-21)19-22-12-15-25-16-13-22/h1-6,8-13,15-16H,7,14,17-20H2,(H,26,28). The lowest BCUT2D eigenvalue weighted by Crippen LogP contribution is -2.30. The lowest BCUT2D eigenvalue weighted by molar-refractivity contribution is 0.139. The average molecular weight is 389 g/mol. The Morgan fingerprint density at radius 3 is 2.07 bits per heavy atom. The Kier molecular flexibility index (Phi) is 8.23. The van der Waals surface area contributed by atoms with Crippen LogP contribution >= 0.6 is 0 Å². The largest absolute Gasteiger partial charge is 0.445 e. The number of amides is 1. The second-order valence-corrected chi connectivity index (χ2v) is 6.89. The number of nitrogens with zero attached hydrogens (tertiary/aromatic N) is 2. The van der Waals surface area contributed by atoms with Crippen LogP contribution in [-0.4, -0.2) is 29.1 Å². The average Bonchev–Trinajstić information content (AvgIpc) is 2.77. The maximum Gasteiger partial charge on any atom is 0.407 e. The summed E-state index contributed by atoms with van der Waals surface area (Å²) in [7, 11) is 0. The summed E-state index contributed by atoms with van der Waals surface area (Å²) >= 11 is 0. The Bertz CT molecular complexity index is 800. The van der Waals surface area contributed by atoms with Crippen LogP contribution in [0.15, 0.2) is 85.2 Å². The normalized spacial score (nSPS) is 10.7. The van der Waals surface area contributed by atoms with Gasteiger partial charge in [0.25, 0.3) is 0 Å². The highest BCUT2D eigenvalue weighted by molar-refractivity contribution is 5.67. The second kappa shape index (κ2) is 11.6. The minimum absolute atomic E-state index is 0.287. The number of pyridine rings is 1. The molecule has 0 atom stereocenters. The van der Waals surface area contributed by atoms with Crippen LogP contribution in [0.3, 0.4) is 0 Å². The molecule has 5 nitrogen and oxygen atoms in total. The van der Waals surface area contributed by atoms with Crippen molar-refractivity contribution < 1.29 is 9.53 Å². The van der Waals surface area contributed by atoms with Crippen molar-refractivity contribution in [3.63, 3.8) is 0 Å². The molecule has 0 fully saturated rings. The number of carbonyl (C=O) groups is 1. The molecular weight excluding hydrogens is 362 g/mol. The zero-order chi connectivity index (χ0) is 20.2. The number of aromatic nitrogens is 1. The summed E-state index contributed by atoms with van der Waals surface area (Å²) in [6.45, 7) is 3.44. The summed E-state index contributed by atoms with van der Waals surface area (Å²) in [4.78, 5) is 18.4. The van der Waals surface area contributed by atoms with Crippen molar-refractivity contribution in [2.45, 2.75) is 26.1 Å². The van der Waals surface area contributed by atoms with E-state index in [1.54, 1.807) is 0 Å². The van der Waals surface area contributed by atoms with Crippen molar-refractivity contribution >= 4 is 6.09 Å². The first kappa shape index (κ1) is 20.6. The van der Waals surface area contributed by atoms with Gasteiger partial charge in [-0.15, -0.1) is 0 Å². The smallest absolute Gasteiger partial charge is 0.407 e. The van der Waals surface area contributed by atoms with E-state index in [1.807, 2.05) is 60.9 Å². The first-order chi connectivity index (χ1) is 14.3. The van der Waals surface area contributed by atoms with Crippen molar-refractivity contribution in [1.82, 2.24) is 15.2 Å². The number of hydrogen-bond donors (Lipinski definition) is 1. The number of hydrogen-bond acceptors (Lipinski definition) is 4. The summed E-state index contributed by atoms with van der Waals surface area (Å²) in [6, 6.07) is 24.2. The van der Waals surface area contributed by atoms with Crippen LogP contribution in [0.1, 0.15) is 23.1 Å². The third-order valence-corrected chi connectivity index (χ3v) is 4.54. The molecule has 5 heteroatoms. The van der Waals surface area contributed by atoms with Gasteiger partial charge in [-0.25, -0.2) is 4.79 Å². The van der Waals surface area contributed by atoms with Gasteiger partial charge < -0.3 is 10.1 Å². The number of rotatable bonds is 10. The van der Waals surface area contributed by atoms with Crippen LogP contribution in [0.2, 0.25) is 0 Å². The van der Waals surface area contributed by atoms with Gasteiger partial charge in [0.1, 0.15) is 6.61 Å². The molecule has 0 aliphatic carbocycles. The van der Waals surface area contributed by atoms with E-state index in [2.05, 4.69) is 39.5 Å². The third-order valence-electron chi connectivity index (χ3n) is 4.54. The molecule has 1 heterocycles. The Morgan fingerprint density at radius 2 is 1.41 bits per heavy atom. The zero-order valence-electron chi connectivity index (χ0n) is 16.5. The number of carbonyl (C=O) groups excluding carboxylic acids is 1. The van der Waals surface area contributed by atoms with Gasteiger partial charge in [0, 0.05) is 38.6 Å². The molecule has 1 amide bonds. The topological polar surface area (TPSA) is 54.5 Å². The van der Waals surface area contributed by atoms with E-state index >= 15 is 0 Å². The van der Waals surface area contributed by atoms with Gasteiger partial charge in [-0.1, -0.05) is 60.7 Å². The number of benzene rings is 2. The van der Waals surface area contributed by atoms with Crippen LogP contribution < -0.4 is 5.32 Å². The fourth-order valence-electron chi connectivity index (χ4n) is 3.07. The zero-order valence-corrected chi connectivity index (χ0v) is 16.5. The summed E-state index contributed by atoms with van der Waals surface area (Å²) in [5.41, 5.74) is 3.48. The molecule has 2 aromatic carbocycles. The molecule has 0 spiro atoms. The molecule has 3 rings (SSSR count). The van der Waals surface area contributed by atoms with Crippen LogP contribution in [0.5, 0.6) is 0 Å². The van der Waals surface area contributed by atoms with Gasteiger partial charge in [0.15, 0.2) is 0 Å². The molecule has 1 N–H and O–H groups in total. The van der Waals surface area contributed by atoms with Crippen molar-refractivity contribution in [3.8, 4) is 0 Å². The summed E-state index contributed by atoms with van der Waals surface area (Å²) in [5, 5.41) is 2.84. The molecule has 0 bridgehead atoms. The minimum Gasteiger partial charge on any atom is -0.445 e. The predicted octanol–water partition coefficient (Wildman–Crippen LogP) is 4.40. The molecule has 29 heavy (non-hydrogen) atoms. The highest BCUT2D eigenvalue weighted by atomic mass is 16.5. The minimum atomic E-state index is -0.377.